The van der Waals surface area contributed by atoms with Crippen molar-refractivity contribution in [3.63, 3.8) is 0 Å². The summed E-state index contributed by atoms with van der Waals surface area (Å²) < 4.78 is 6.17. The summed E-state index contributed by atoms with van der Waals surface area (Å²) >= 11 is 2.01. The SMILES string of the molecule is Cc1ccc(C(C)NC(=O)c2ccc(I)c(O)c2)o1. The summed E-state index contributed by atoms with van der Waals surface area (Å²) in [5, 5.41) is 12.4. The predicted molar refractivity (Wildman–Crippen MR) is 80.2 cm³/mol. The van der Waals surface area contributed by atoms with E-state index in [-0.39, 0.29) is 17.7 Å². The van der Waals surface area contributed by atoms with Crippen molar-refractivity contribution in [2.45, 2.75) is 19.9 Å². The fourth-order valence-electron chi connectivity index (χ4n) is 1.69. The Hall–Kier alpha value is -1.50. The normalized spacial score (nSPS) is 12.2. The Morgan fingerprint density at radius 3 is 2.68 bits per heavy atom. The lowest BCUT2D eigenvalue weighted by Crippen LogP contribution is -2.26. The molecule has 0 radical (unpaired) electrons. The smallest absolute Gasteiger partial charge is 0.251 e. The molecule has 1 heterocycles. The lowest BCUT2D eigenvalue weighted by atomic mass is 10.2. The maximum absolute atomic E-state index is 12.0. The number of aryl methyl sites for hydroxylation is 1. The Morgan fingerprint density at radius 2 is 2.11 bits per heavy atom. The number of hydrogen-bond donors (Lipinski definition) is 2. The first kappa shape index (κ1) is 13.9. The molecule has 5 heteroatoms. The van der Waals surface area contributed by atoms with Gasteiger partial charge in [-0.2, -0.15) is 0 Å². The number of amides is 1. The highest BCUT2D eigenvalue weighted by molar-refractivity contribution is 14.1. The molecular formula is C14H14INO3. The van der Waals surface area contributed by atoms with Crippen LogP contribution in [-0.4, -0.2) is 11.0 Å². The number of rotatable bonds is 3. The Morgan fingerprint density at radius 1 is 1.37 bits per heavy atom. The number of halogens is 1. The van der Waals surface area contributed by atoms with Gasteiger partial charge in [-0.1, -0.05) is 0 Å². The molecule has 2 rings (SSSR count). The van der Waals surface area contributed by atoms with Crippen LogP contribution in [0.15, 0.2) is 34.7 Å². The van der Waals surface area contributed by atoms with E-state index < -0.39 is 0 Å². The van der Waals surface area contributed by atoms with Gasteiger partial charge in [0.15, 0.2) is 0 Å². The van der Waals surface area contributed by atoms with Crippen LogP contribution in [0.25, 0.3) is 0 Å². The third kappa shape index (κ3) is 3.28. The van der Waals surface area contributed by atoms with Gasteiger partial charge in [0.2, 0.25) is 0 Å². The molecule has 0 saturated carbocycles. The first-order valence-corrected chi connectivity index (χ1v) is 6.91. The number of hydrogen-bond acceptors (Lipinski definition) is 3. The van der Waals surface area contributed by atoms with E-state index in [1.165, 1.54) is 6.07 Å². The van der Waals surface area contributed by atoms with E-state index in [4.69, 9.17) is 4.42 Å². The maximum Gasteiger partial charge on any atom is 0.251 e. The van der Waals surface area contributed by atoms with Crippen molar-refractivity contribution < 1.29 is 14.3 Å². The van der Waals surface area contributed by atoms with E-state index in [1.807, 2.05) is 48.6 Å². The van der Waals surface area contributed by atoms with Crippen molar-refractivity contribution in [2.24, 2.45) is 0 Å². The third-order valence-corrected chi connectivity index (χ3v) is 3.66. The summed E-state index contributed by atoms with van der Waals surface area (Å²) in [4.78, 5) is 12.0. The zero-order chi connectivity index (χ0) is 14.0. The number of carbonyl (C=O) groups is 1. The largest absolute Gasteiger partial charge is 0.507 e. The second-order valence-corrected chi connectivity index (χ2v) is 5.47. The second kappa shape index (κ2) is 5.64. The van der Waals surface area contributed by atoms with Gasteiger partial charge < -0.3 is 14.8 Å². The minimum atomic E-state index is -0.242. The van der Waals surface area contributed by atoms with Gasteiger partial charge in [-0.05, 0) is 66.8 Å². The van der Waals surface area contributed by atoms with Gasteiger partial charge in [0.25, 0.3) is 5.91 Å². The highest BCUT2D eigenvalue weighted by Crippen LogP contribution is 2.21. The van der Waals surface area contributed by atoms with Crippen LogP contribution in [0.3, 0.4) is 0 Å². The molecule has 19 heavy (non-hydrogen) atoms. The molecule has 1 unspecified atom stereocenters. The van der Waals surface area contributed by atoms with E-state index in [9.17, 15) is 9.90 Å². The molecule has 0 aliphatic rings. The molecule has 4 nitrogen and oxygen atoms in total. The molecule has 0 aliphatic carbocycles. The number of phenols is 1. The molecule has 0 fully saturated rings. The van der Waals surface area contributed by atoms with E-state index in [0.717, 1.165) is 5.76 Å². The standard InChI is InChI=1S/C14H14INO3/c1-8-3-6-13(19-8)9(2)16-14(18)10-4-5-11(15)12(17)7-10/h3-7,9,17H,1-2H3,(H,16,18). The quantitative estimate of drug-likeness (QED) is 0.814. The van der Waals surface area contributed by atoms with Gasteiger partial charge >= 0.3 is 0 Å². The van der Waals surface area contributed by atoms with Crippen LogP contribution in [0.5, 0.6) is 5.75 Å². The summed E-state index contributed by atoms with van der Waals surface area (Å²) in [6.45, 7) is 3.71. The van der Waals surface area contributed by atoms with Gasteiger partial charge in [-0.3, -0.25) is 4.79 Å². The van der Waals surface area contributed by atoms with Gasteiger partial charge in [-0.25, -0.2) is 0 Å². The summed E-state index contributed by atoms with van der Waals surface area (Å²) in [5.41, 5.74) is 0.424. The van der Waals surface area contributed by atoms with Crippen LogP contribution >= 0.6 is 22.6 Å². The van der Waals surface area contributed by atoms with Gasteiger partial charge in [0, 0.05) is 5.56 Å². The highest BCUT2D eigenvalue weighted by Gasteiger charge is 2.14. The van der Waals surface area contributed by atoms with Gasteiger partial charge in [0.05, 0.1) is 9.61 Å². The molecule has 0 aliphatic heterocycles. The number of furan rings is 1. The fraction of sp³-hybridized carbons (Fsp3) is 0.214. The Kier molecular flexibility index (Phi) is 4.14. The van der Waals surface area contributed by atoms with Crippen molar-refractivity contribution in [2.75, 3.05) is 0 Å². The Labute approximate surface area is 125 Å². The van der Waals surface area contributed by atoms with Crippen LogP contribution in [0.2, 0.25) is 0 Å². The number of benzene rings is 1. The summed E-state index contributed by atoms with van der Waals surface area (Å²) in [6.07, 6.45) is 0. The van der Waals surface area contributed by atoms with Crippen molar-refractivity contribution >= 4 is 28.5 Å². The van der Waals surface area contributed by atoms with Crippen LogP contribution in [-0.2, 0) is 0 Å². The third-order valence-electron chi connectivity index (χ3n) is 2.74. The maximum atomic E-state index is 12.0. The number of nitrogens with one attached hydrogen (secondary N) is 1. The van der Waals surface area contributed by atoms with E-state index >= 15 is 0 Å². The first-order chi connectivity index (χ1) is 8.97. The molecule has 0 bridgehead atoms. The van der Waals surface area contributed by atoms with Crippen molar-refractivity contribution in [1.29, 1.82) is 0 Å². The van der Waals surface area contributed by atoms with Crippen molar-refractivity contribution in [3.8, 4) is 5.75 Å². The molecule has 0 spiro atoms. The molecule has 0 saturated heterocycles. The predicted octanol–water partition coefficient (Wildman–Crippen LogP) is 3.39. The highest BCUT2D eigenvalue weighted by atomic mass is 127. The summed E-state index contributed by atoms with van der Waals surface area (Å²) in [5.74, 6) is 1.38. The van der Waals surface area contributed by atoms with Gasteiger partial charge in [0.1, 0.15) is 17.3 Å². The lowest BCUT2D eigenvalue weighted by molar-refractivity contribution is 0.0934. The molecule has 1 aromatic heterocycles. The lowest BCUT2D eigenvalue weighted by Gasteiger charge is -2.12. The number of aromatic hydroxyl groups is 1. The molecule has 1 amide bonds. The number of carbonyl (C=O) groups excluding carboxylic acids is 1. The molecule has 1 aromatic carbocycles. The van der Waals surface area contributed by atoms with Crippen molar-refractivity contribution in [3.05, 3.63) is 51.0 Å². The summed E-state index contributed by atoms with van der Waals surface area (Å²) in [7, 11) is 0. The Bertz CT molecular complexity index is 606. The molecule has 2 N–H and O–H groups in total. The van der Waals surface area contributed by atoms with Crippen LogP contribution in [0, 0.1) is 10.5 Å². The first-order valence-electron chi connectivity index (χ1n) is 5.83. The monoisotopic (exact) mass is 371 g/mol. The molecule has 1 atom stereocenters. The fourth-order valence-corrected chi connectivity index (χ4v) is 2.03. The average molecular weight is 371 g/mol. The number of phenolic OH excluding ortho intramolecular Hbond substituents is 1. The zero-order valence-corrected chi connectivity index (χ0v) is 12.8. The Balaban J connectivity index is 2.10. The molecule has 100 valence electrons. The minimum Gasteiger partial charge on any atom is -0.507 e. The zero-order valence-electron chi connectivity index (χ0n) is 10.6. The summed E-state index contributed by atoms with van der Waals surface area (Å²) in [6, 6.07) is 8.31. The van der Waals surface area contributed by atoms with Gasteiger partial charge in [-0.15, -0.1) is 0 Å². The van der Waals surface area contributed by atoms with E-state index in [2.05, 4.69) is 5.32 Å². The second-order valence-electron chi connectivity index (χ2n) is 4.31. The average Bonchev–Trinajstić information content (AvgIpc) is 2.79. The molecular weight excluding hydrogens is 357 g/mol. The van der Waals surface area contributed by atoms with Crippen molar-refractivity contribution in [1.82, 2.24) is 5.32 Å². The van der Waals surface area contributed by atoms with Crippen LogP contribution in [0.1, 0.15) is 34.8 Å². The van der Waals surface area contributed by atoms with E-state index in [0.29, 0.717) is 14.9 Å². The van der Waals surface area contributed by atoms with Crippen LogP contribution in [0.4, 0.5) is 0 Å². The topological polar surface area (TPSA) is 62.5 Å². The minimum absolute atomic E-state index is 0.106. The van der Waals surface area contributed by atoms with E-state index in [1.54, 1.807) is 12.1 Å². The molecule has 2 aromatic rings. The van der Waals surface area contributed by atoms with Crippen LogP contribution < -0.4 is 5.32 Å².